The van der Waals surface area contributed by atoms with E-state index in [9.17, 15) is 4.79 Å². The van der Waals surface area contributed by atoms with Gasteiger partial charge in [0.2, 0.25) is 5.91 Å². The molecular weight excluding hydrogens is 396 g/mol. The summed E-state index contributed by atoms with van der Waals surface area (Å²) in [5.41, 5.74) is 3.10. The molecule has 0 unspecified atom stereocenters. The van der Waals surface area contributed by atoms with Crippen molar-refractivity contribution in [3.05, 3.63) is 54.1 Å². The molecule has 2 aromatic carbocycles. The van der Waals surface area contributed by atoms with Gasteiger partial charge in [-0.1, -0.05) is 29.5 Å². The summed E-state index contributed by atoms with van der Waals surface area (Å²) in [5, 5.41) is 9.42. The Hall–Kier alpha value is -2.80. The number of benzene rings is 2. The maximum absolute atomic E-state index is 12.8. The first-order chi connectivity index (χ1) is 14.6. The zero-order chi connectivity index (χ0) is 21.1. The highest BCUT2D eigenvalue weighted by Crippen LogP contribution is 2.32. The largest absolute Gasteiger partial charge is 0.497 e. The van der Waals surface area contributed by atoms with Gasteiger partial charge >= 0.3 is 0 Å². The lowest BCUT2D eigenvalue weighted by Crippen LogP contribution is -2.34. The normalized spacial score (nSPS) is 14.7. The molecule has 1 saturated heterocycles. The van der Waals surface area contributed by atoms with Crippen molar-refractivity contribution in [3.8, 4) is 22.8 Å². The molecule has 156 valence electrons. The quantitative estimate of drug-likeness (QED) is 0.553. The SMILES string of the molecule is COc1ccc(-c2nnc(S[C@H](C)C(=O)N3CCCC3)n2-c2ccc(C)cc2)cc1. The molecule has 1 amide bonds. The van der Waals surface area contributed by atoms with E-state index < -0.39 is 0 Å². The number of aryl methyl sites for hydroxylation is 1. The number of aromatic nitrogens is 3. The van der Waals surface area contributed by atoms with Gasteiger partial charge in [0.05, 0.1) is 12.4 Å². The number of rotatable bonds is 6. The number of carbonyl (C=O) groups is 1. The van der Waals surface area contributed by atoms with E-state index in [4.69, 9.17) is 4.74 Å². The van der Waals surface area contributed by atoms with Crippen molar-refractivity contribution < 1.29 is 9.53 Å². The average Bonchev–Trinajstić information content (AvgIpc) is 3.44. The number of likely N-dealkylation sites (tertiary alicyclic amines) is 1. The first kappa shape index (κ1) is 20.5. The fraction of sp³-hybridized carbons (Fsp3) is 0.348. The minimum Gasteiger partial charge on any atom is -0.497 e. The maximum Gasteiger partial charge on any atom is 0.235 e. The molecule has 0 radical (unpaired) electrons. The van der Waals surface area contributed by atoms with Gasteiger partial charge < -0.3 is 9.64 Å². The zero-order valence-corrected chi connectivity index (χ0v) is 18.4. The topological polar surface area (TPSA) is 60.3 Å². The number of ether oxygens (including phenoxy) is 1. The number of hydrogen-bond donors (Lipinski definition) is 0. The molecule has 1 aliphatic heterocycles. The molecule has 2 heterocycles. The van der Waals surface area contributed by atoms with Gasteiger partial charge in [-0.25, -0.2) is 0 Å². The van der Waals surface area contributed by atoms with E-state index in [-0.39, 0.29) is 11.2 Å². The van der Waals surface area contributed by atoms with Gasteiger partial charge in [0.1, 0.15) is 5.75 Å². The molecule has 6 nitrogen and oxygen atoms in total. The van der Waals surface area contributed by atoms with Crippen LogP contribution in [0.5, 0.6) is 5.75 Å². The molecule has 7 heteroatoms. The van der Waals surface area contributed by atoms with Crippen LogP contribution >= 0.6 is 11.8 Å². The summed E-state index contributed by atoms with van der Waals surface area (Å²) in [6.07, 6.45) is 2.18. The molecule has 0 spiro atoms. The molecule has 4 rings (SSSR count). The number of methoxy groups -OCH3 is 1. The van der Waals surface area contributed by atoms with Gasteiger partial charge in [-0.3, -0.25) is 9.36 Å². The third-order valence-corrected chi connectivity index (χ3v) is 6.35. The minimum atomic E-state index is -0.222. The molecule has 30 heavy (non-hydrogen) atoms. The summed E-state index contributed by atoms with van der Waals surface area (Å²) >= 11 is 1.46. The van der Waals surface area contributed by atoms with Crippen LogP contribution in [0.4, 0.5) is 0 Å². The smallest absolute Gasteiger partial charge is 0.235 e. The average molecular weight is 423 g/mol. The summed E-state index contributed by atoms with van der Waals surface area (Å²) < 4.78 is 7.30. The Morgan fingerprint density at radius 2 is 1.70 bits per heavy atom. The third-order valence-electron chi connectivity index (χ3n) is 5.32. The van der Waals surface area contributed by atoms with Crippen LogP contribution in [0.25, 0.3) is 17.1 Å². The predicted molar refractivity (Wildman–Crippen MR) is 119 cm³/mol. The van der Waals surface area contributed by atoms with Crippen LogP contribution in [0.15, 0.2) is 53.7 Å². The van der Waals surface area contributed by atoms with E-state index in [2.05, 4.69) is 41.4 Å². The van der Waals surface area contributed by atoms with Crippen LogP contribution in [0.3, 0.4) is 0 Å². The summed E-state index contributed by atoms with van der Waals surface area (Å²) in [6.45, 7) is 5.72. The Kier molecular flexibility index (Phi) is 6.08. The Labute approximate surface area is 181 Å². The van der Waals surface area contributed by atoms with Crippen molar-refractivity contribution in [3.63, 3.8) is 0 Å². The monoisotopic (exact) mass is 422 g/mol. The van der Waals surface area contributed by atoms with Crippen molar-refractivity contribution in [1.29, 1.82) is 0 Å². The summed E-state index contributed by atoms with van der Waals surface area (Å²) in [5.74, 6) is 1.70. The number of nitrogens with zero attached hydrogens (tertiary/aromatic N) is 4. The van der Waals surface area contributed by atoms with E-state index in [1.807, 2.05) is 40.7 Å². The Balaban J connectivity index is 1.70. The first-order valence-electron chi connectivity index (χ1n) is 10.2. The maximum atomic E-state index is 12.8. The molecule has 0 saturated carbocycles. The molecule has 0 bridgehead atoms. The van der Waals surface area contributed by atoms with E-state index in [0.717, 1.165) is 48.8 Å². The van der Waals surface area contributed by atoms with Crippen LogP contribution in [0.1, 0.15) is 25.3 Å². The number of carbonyl (C=O) groups excluding carboxylic acids is 1. The molecule has 1 fully saturated rings. The van der Waals surface area contributed by atoms with Crippen molar-refractivity contribution in [1.82, 2.24) is 19.7 Å². The van der Waals surface area contributed by atoms with Crippen LogP contribution in [-0.2, 0) is 4.79 Å². The van der Waals surface area contributed by atoms with Crippen molar-refractivity contribution >= 4 is 17.7 Å². The van der Waals surface area contributed by atoms with E-state index in [1.165, 1.54) is 17.3 Å². The van der Waals surface area contributed by atoms with Gasteiger partial charge in [-0.2, -0.15) is 0 Å². The highest BCUT2D eigenvalue weighted by Gasteiger charge is 2.26. The molecule has 1 atom stereocenters. The number of thioether (sulfide) groups is 1. The number of amides is 1. The van der Waals surface area contributed by atoms with Gasteiger partial charge in [-0.05, 0) is 63.1 Å². The fourth-order valence-corrected chi connectivity index (χ4v) is 4.55. The first-order valence-corrected chi connectivity index (χ1v) is 11.1. The van der Waals surface area contributed by atoms with Crippen LogP contribution in [0, 0.1) is 6.92 Å². The van der Waals surface area contributed by atoms with Crippen LogP contribution < -0.4 is 4.74 Å². The molecular formula is C23H26N4O2S. The lowest BCUT2D eigenvalue weighted by Gasteiger charge is -2.20. The van der Waals surface area contributed by atoms with Crippen molar-refractivity contribution in [2.24, 2.45) is 0 Å². The Bertz CT molecular complexity index is 1010. The van der Waals surface area contributed by atoms with Gasteiger partial charge in [0.15, 0.2) is 11.0 Å². The Morgan fingerprint density at radius 3 is 2.33 bits per heavy atom. The van der Waals surface area contributed by atoms with Gasteiger partial charge in [0, 0.05) is 24.3 Å². The second kappa shape index (κ2) is 8.92. The summed E-state index contributed by atoms with van der Waals surface area (Å²) in [6, 6.07) is 16.0. The summed E-state index contributed by atoms with van der Waals surface area (Å²) in [7, 11) is 1.65. The van der Waals surface area contributed by atoms with Gasteiger partial charge in [0.25, 0.3) is 0 Å². The third kappa shape index (κ3) is 4.21. The number of hydrogen-bond acceptors (Lipinski definition) is 5. The van der Waals surface area contributed by atoms with Crippen LogP contribution in [-0.4, -0.2) is 51.0 Å². The lowest BCUT2D eigenvalue weighted by atomic mass is 10.2. The predicted octanol–water partition coefficient (Wildman–Crippen LogP) is 4.35. The Morgan fingerprint density at radius 1 is 1.03 bits per heavy atom. The highest BCUT2D eigenvalue weighted by molar-refractivity contribution is 8.00. The van der Waals surface area contributed by atoms with E-state index >= 15 is 0 Å². The van der Waals surface area contributed by atoms with E-state index in [0.29, 0.717) is 5.16 Å². The molecule has 1 aliphatic rings. The fourth-order valence-electron chi connectivity index (χ4n) is 3.60. The lowest BCUT2D eigenvalue weighted by molar-refractivity contribution is -0.129. The molecule has 0 aliphatic carbocycles. The second-order valence-corrected chi connectivity index (χ2v) is 8.81. The molecule has 3 aromatic rings. The minimum absolute atomic E-state index is 0.168. The molecule has 0 N–H and O–H groups in total. The van der Waals surface area contributed by atoms with E-state index in [1.54, 1.807) is 7.11 Å². The highest BCUT2D eigenvalue weighted by atomic mass is 32.2. The van der Waals surface area contributed by atoms with Crippen molar-refractivity contribution in [2.45, 2.75) is 37.1 Å². The standard InChI is InChI=1S/C23H26N4O2S/c1-16-6-10-19(11-7-16)27-21(18-8-12-20(29-3)13-9-18)24-25-23(27)30-17(2)22(28)26-14-4-5-15-26/h6-13,17H,4-5,14-15H2,1-3H3/t17-/m1/s1. The van der Waals surface area contributed by atoms with Crippen LogP contribution in [0.2, 0.25) is 0 Å². The zero-order valence-electron chi connectivity index (χ0n) is 17.5. The molecule has 1 aromatic heterocycles. The van der Waals surface area contributed by atoms with Gasteiger partial charge in [-0.15, -0.1) is 10.2 Å². The van der Waals surface area contributed by atoms with Crippen molar-refractivity contribution in [2.75, 3.05) is 20.2 Å². The second-order valence-electron chi connectivity index (χ2n) is 7.50. The summed E-state index contributed by atoms with van der Waals surface area (Å²) in [4.78, 5) is 14.8.